The minimum absolute atomic E-state index is 0.527. The number of aliphatic hydroxyl groups is 1. The maximum absolute atomic E-state index is 10.5. The Bertz CT molecular complexity index is 357. The number of nitrogens with zero attached hydrogens (tertiary/aromatic N) is 1. The van der Waals surface area contributed by atoms with E-state index < -0.39 is 5.60 Å². The van der Waals surface area contributed by atoms with Crippen LogP contribution in [-0.2, 0) is 6.42 Å². The number of hydrogen-bond acceptors (Lipinski definition) is 3. The molecule has 0 bridgehead atoms. The summed E-state index contributed by atoms with van der Waals surface area (Å²) in [6.45, 7) is 2.25. The summed E-state index contributed by atoms with van der Waals surface area (Å²) in [7, 11) is 0. The first kappa shape index (κ1) is 11.4. The SMILES string of the molecule is CC1CCC(O)(Cc2ccnc(N)c2)CC1. The number of nitrogens with two attached hydrogens (primary N) is 1. The van der Waals surface area contributed by atoms with Gasteiger partial charge < -0.3 is 10.8 Å². The summed E-state index contributed by atoms with van der Waals surface area (Å²) in [5.74, 6) is 1.29. The van der Waals surface area contributed by atoms with Crippen LogP contribution in [-0.4, -0.2) is 15.7 Å². The van der Waals surface area contributed by atoms with Gasteiger partial charge in [-0.2, -0.15) is 0 Å². The van der Waals surface area contributed by atoms with Gasteiger partial charge in [-0.05, 0) is 49.3 Å². The lowest BCUT2D eigenvalue weighted by Crippen LogP contribution is -2.35. The molecule has 0 amide bonds. The van der Waals surface area contributed by atoms with Gasteiger partial charge in [0.05, 0.1) is 5.60 Å². The van der Waals surface area contributed by atoms with E-state index >= 15 is 0 Å². The highest BCUT2D eigenvalue weighted by molar-refractivity contribution is 5.32. The molecule has 0 atom stereocenters. The van der Waals surface area contributed by atoms with Gasteiger partial charge >= 0.3 is 0 Å². The molecule has 3 nitrogen and oxygen atoms in total. The molecule has 1 aromatic heterocycles. The van der Waals surface area contributed by atoms with Crippen molar-refractivity contribution in [3.63, 3.8) is 0 Å². The summed E-state index contributed by atoms with van der Waals surface area (Å²) in [6, 6.07) is 3.79. The summed E-state index contributed by atoms with van der Waals surface area (Å²) < 4.78 is 0. The van der Waals surface area contributed by atoms with Gasteiger partial charge in [0, 0.05) is 12.6 Å². The number of aromatic nitrogens is 1. The Morgan fingerprint density at radius 2 is 2.19 bits per heavy atom. The second-order valence-corrected chi connectivity index (χ2v) is 5.17. The zero-order valence-electron chi connectivity index (χ0n) is 9.82. The molecule has 0 aliphatic heterocycles. The average molecular weight is 220 g/mol. The van der Waals surface area contributed by atoms with Crippen LogP contribution in [0.4, 0.5) is 5.82 Å². The molecule has 1 aliphatic rings. The van der Waals surface area contributed by atoms with Crippen molar-refractivity contribution in [2.24, 2.45) is 5.92 Å². The third-order valence-corrected chi connectivity index (χ3v) is 3.58. The van der Waals surface area contributed by atoms with Gasteiger partial charge in [0.1, 0.15) is 5.82 Å². The van der Waals surface area contributed by atoms with Crippen molar-refractivity contribution < 1.29 is 5.11 Å². The minimum atomic E-state index is -0.527. The van der Waals surface area contributed by atoms with Gasteiger partial charge in [-0.15, -0.1) is 0 Å². The number of pyridine rings is 1. The topological polar surface area (TPSA) is 59.1 Å². The quantitative estimate of drug-likeness (QED) is 0.803. The van der Waals surface area contributed by atoms with E-state index in [2.05, 4.69) is 11.9 Å². The van der Waals surface area contributed by atoms with Crippen molar-refractivity contribution in [1.82, 2.24) is 4.98 Å². The van der Waals surface area contributed by atoms with E-state index in [1.807, 2.05) is 12.1 Å². The van der Waals surface area contributed by atoms with Crippen LogP contribution >= 0.6 is 0 Å². The first-order valence-corrected chi connectivity index (χ1v) is 6.00. The maximum atomic E-state index is 10.5. The van der Waals surface area contributed by atoms with Crippen molar-refractivity contribution in [1.29, 1.82) is 0 Å². The van der Waals surface area contributed by atoms with Gasteiger partial charge in [-0.3, -0.25) is 0 Å². The van der Waals surface area contributed by atoms with Crippen LogP contribution in [0.2, 0.25) is 0 Å². The van der Waals surface area contributed by atoms with Crippen LogP contribution in [0.15, 0.2) is 18.3 Å². The zero-order valence-corrected chi connectivity index (χ0v) is 9.82. The molecule has 0 spiro atoms. The van der Waals surface area contributed by atoms with Crippen molar-refractivity contribution in [3.05, 3.63) is 23.9 Å². The lowest BCUT2D eigenvalue weighted by molar-refractivity contribution is -0.00667. The average Bonchev–Trinajstić information content (AvgIpc) is 2.23. The Morgan fingerprint density at radius 1 is 1.50 bits per heavy atom. The van der Waals surface area contributed by atoms with E-state index in [-0.39, 0.29) is 0 Å². The third kappa shape index (κ3) is 2.73. The molecule has 0 unspecified atom stereocenters. The highest BCUT2D eigenvalue weighted by Gasteiger charge is 2.31. The van der Waals surface area contributed by atoms with Crippen molar-refractivity contribution in [3.8, 4) is 0 Å². The van der Waals surface area contributed by atoms with E-state index in [1.54, 1.807) is 6.20 Å². The summed E-state index contributed by atoms with van der Waals surface area (Å²) >= 11 is 0. The molecule has 1 aliphatic carbocycles. The molecule has 0 radical (unpaired) electrons. The normalized spacial score (nSPS) is 30.2. The Labute approximate surface area is 96.7 Å². The molecule has 88 valence electrons. The van der Waals surface area contributed by atoms with Crippen molar-refractivity contribution in [2.45, 2.75) is 44.6 Å². The maximum Gasteiger partial charge on any atom is 0.123 e. The third-order valence-electron chi connectivity index (χ3n) is 3.58. The van der Waals surface area contributed by atoms with Crippen LogP contribution in [0, 0.1) is 5.92 Å². The Morgan fingerprint density at radius 3 is 2.81 bits per heavy atom. The molecule has 0 saturated heterocycles. The summed E-state index contributed by atoms with van der Waals surface area (Å²) in [5.41, 5.74) is 6.20. The Balaban J connectivity index is 2.03. The van der Waals surface area contributed by atoms with Crippen LogP contribution in [0.1, 0.15) is 38.2 Å². The first-order chi connectivity index (χ1) is 7.57. The van der Waals surface area contributed by atoms with Crippen molar-refractivity contribution >= 4 is 5.82 Å². The Kier molecular flexibility index (Phi) is 3.15. The largest absolute Gasteiger partial charge is 0.390 e. The molecule has 3 N–H and O–H groups in total. The second-order valence-electron chi connectivity index (χ2n) is 5.17. The molecular formula is C13H20N2O. The summed E-state index contributed by atoms with van der Waals surface area (Å²) in [6.07, 6.45) is 6.45. The highest BCUT2D eigenvalue weighted by atomic mass is 16.3. The monoisotopic (exact) mass is 220 g/mol. The Hall–Kier alpha value is -1.09. The lowest BCUT2D eigenvalue weighted by atomic mass is 9.76. The van der Waals surface area contributed by atoms with Gasteiger partial charge in [0.25, 0.3) is 0 Å². The van der Waals surface area contributed by atoms with Crippen LogP contribution in [0.3, 0.4) is 0 Å². The van der Waals surface area contributed by atoms with Gasteiger partial charge in [0.15, 0.2) is 0 Å². The zero-order chi connectivity index (χ0) is 11.6. The first-order valence-electron chi connectivity index (χ1n) is 6.00. The fourth-order valence-corrected chi connectivity index (χ4v) is 2.46. The second kappa shape index (κ2) is 4.42. The van der Waals surface area contributed by atoms with Crippen LogP contribution < -0.4 is 5.73 Å². The highest BCUT2D eigenvalue weighted by Crippen LogP contribution is 2.34. The van der Waals surface area contributed by atoms with E-state index in [4.69, 9.17) is 5.73 Å². The summed E-state index contributed by atoms with van der Waals surface area (Å²) in [5, 5.41) is 10.5. The number of nitrogen functional groups attached to an aromatic ring is 1. The molecule has 16 heavy (non-hydrogen) atoms. The van der Waals surface area contributed by atoms with Gasteiger partial charge in [-0.1, -0.05) is 6.92 Å². The standard InChI is InChI=1S/C13H20N2O/c1-10-2-5-13(16,6-3-10)9-11-4-7-15-12(14)8-11/h4,7-8,10,16H,2-3,5-6,9H2,1H3,(H2,14,15). The molecule has 1 saturated carbocycles. The van der Waals surface area contributed by atoms with E-state index in [1.165, 1.54) is 0 Å². The smallest absolute Gasteiger partial charge is 0.123 e. The molecule has 1 aromatic rings. The fourth-order valence-electron chi connectivity index (χ4n) is 2.46. The van der Waals surface area contributed by atoms with Crippen LogP contribution in [0.25, 0.3) is 0 Å². The molecule has 1 fully saturated rings. The predicted molar refractivity (Wildman–Crippen MR) is 64.9 cm³/mol. The summed E-state index contributed by atoms with van der Waals surface area (Å²) in [4.78, 5) is 3.96. The number of rotatable bonds is 2. The van der Waals surface area contributed by atoms with Crippen LogP contribution in [0.5, 0.6) is 0 Å². The van der Waals surface area contributed by atoms with E-state index in [9.17, 15) is 5.11 Å². The molecule has 1 heterocycles. The number of anilines is 1. The minimum Gasteiger partial charge on any atom is -0.390 e. The van der Waals surface area contributed by atoms with Gasteiger partial charge in [-0.25, -0.2) is 4.98 Å². The lowest BCUT2D eigenvalue weighted by Gasteiger charge is -2.35. The number of hydrogen-bond donors (Lipinski definition) is 2. The molecule has 0 aromatic carbocycles. The fraction of sp³-hybridized carbons (Fsp3) is 0.615. The molecular weight excluding hydrogens is 200 g/mol. The predicted octanol–water partition coefficient (Wildman–Crippen LogP) is 2.15. The van der Waals surface area contributed by atoms with E-state index in [0.29, 0.717) is 12.2 Å². The van der Waals surface area contributed by atoms with Crippen molar-refractivity contribution in [2.75, 3.05) is 5.73 Å². The molecule has 3 heteroatoms. The van der Waals surface area contributed by atoms with Gasteiger partial charge in [0.2, 0.25) is 0 Å². The van der Waals surface area contributed by atoms with E-state index in [0.717, 1.165) is 37.2 Å². The molecule has 2 rings (SSSR count).